The lowest BCUT2D eigenvalue weighted by Crippen LogP contribution is -2.57. The van der Waals surface area contributed by atoms with E-state index in [0.717, 1.165) is 23.7 Å². The van der Waals surface area contributed by atoms with Gasteiger partial charge in [-0.1, -0.05) is 15.9 Å². The Morgan fingerprint density at radius 1 is 1.40 bits per heavy atom. The normalized spacial score (nSPS) is 18.0. The van der Waals surface area contributed by atoms with Crippen LogP contribution in [0.1, 0.15) is 19.3 Å². The quantitative estimate of drug-likeness (QED) is 0.784. The molecule has 1 aromatic carbocycles. The predicted molar refractivity (Wildman–Crippen MR) is 84.0 cm³/mol. The molecular formula is C13H20BrN3O2S. The molecule has 20 heavy (non-hydrogen) atoms. The van der Waals surface area contributed by atoms with Crippen LogP contribution in [-0.4, -0.2) is 39.5 Å². The van der Waals surface area contributed by atoms with Gasteiger partial charge in [0, 0.05) is 16.6 Å². The van der Waals surface area contributed by atoms with E-state index >= 15 is 0 Å². The molecule has 0 radical (unpaired) electrons. The average Bonchev–Trinajstić information content (AvgIpc) is 2.25. The molecule has 5 nitrogen and oxygen atoms in total. The first-order chi connectivity index (χ1) is 9.27. The summed E-state index contributed by atoms with van der Waals surface area (Å²) in [5, 5.41) is 0. The monoisotopic (exact) mass is 361 g/mol. The molecule has 1 saturated carbocycles. The van der Waals surface area contributed by atoms with Crippen molar-refractivity contribution in [1.29, 1.82) is 0 Å². The van der Waals surface area contributed by atoms with Crippen molar-refractivity contribution in [2.75, 3.05) is 26.4 Å². The van der Waals surface area contributed by atoms with Gasteiger partial charge in [0.1, 0.15) is 4.90 Å². The fraction of sp³-hybridized carbons (Fsp3) is 0.538. The molecule has 0 aliphatic heterocycles. The van der Waals surface area contributed by atoms with Gasteiger partial charge in [0.25, 0.3) is 0 Å². The number of rotatable bonds is 5. The van der Waals surface area contributed by atoms with E-state index in [-0.39, 0.29) is 16.1 Å². The van der Waals surface area contributed by atoms with Gasteiger partial charge in [0.15, 0.2) is 0 Å². The number of sulfonamides is 1. The minimum atomic E-state index is -3.57. The zero-order valence-corrected chi connectivity index (χ0v) is 14.1. The maximum Gasteiger partial charge on any atom is 0.242 e. The molecular weight excluding hydrogens is 342 g/mol. The van der Waals surface area contributed by atoms with Crippen LogP contribution < -0.4 is 10.5 Å². The third-order valence-electron chi connectivity index (χ3n) is 4.09. The maximum atomic E-state index is 12.3. The van der Waals surface area contributed by atoms with E-state index in [0.29, 0.717) is 6.54 Å². The van der Waals surface area contributed by atoms with Crippen LogP contribution in [0.3, 0.4) is 0 Å². The molecule has 112 valence electrons. The van der Waals surface area contributed by atoms with Crippen molar-refractivity contribution in [3.63, 3.8) is 0 Å². The summed E-state index contributed by atoms with van der Waals surface area (Å²) in [6, 6.07) is 4.79. The predicted octanol–water partition coefficient (Wildman–Crippen LogP) is 1.79. The van der Waals surface area contributed by atoms with Gasteiger partial charge in [-0.3, -0.25) is 0 Å². The highest BCUT2D eigenvalue weighted by Gasteiger charge is 2.39. The van der Waals surface area contributed by atoms with Crippen LogP contribution in [0.4, 0.5) is 5.69 Å². The standard InChI is InChI=1S/C13H20BrN3O2S/c1-17(2)13(6-3-7-13)9-16-20(18,19)12-5-4-10(14)8-11(12)15/h4-5,8,16H,3,6-7,9,15H2,1-2H3. The lowest BCUT2D eigenvalue weighted by Gasteiger charge is -2.47. The van der Waals surface area contributed by atoms with Crippen molar-refractivity contribution in [3.8, 4) is 0 Å². The fourth-order valence-electron chi connectivity index (χ4n) is 2.44. The van der Waals surface area contributed by atoms with Gasteiger partial charge in [0.05, 0.1) is 5.69 Å². The van der Waals surface area contributed by atoms with Crippen LogP contribution >= 0.6 is 15.9 Å². The molecule has 0 heterocycles. The molecule has 0 spiro atoms. The first kappa shape index (κ1) is 15.8. The average molecular weight is 362 g/mol. The smallest absolute Gasteiger partial charge is 0.242 e. The topological polar surface area (TPSA) is 75.4 Å². The van der Waals surface area contributed by atoms with Crippen LogP contribution in [0.5, 0.6) is 0 Å². The van der Waals surface area contributed by atoms with Gasteiger partial charge in [0.2, 0.25) is 10.0 Å². The summed E-state index contributed by atoms with van der Waals surface area (Å²) < 4.78 is 28.2. The van der Waals surface area contributed by atoms with Gasteiger partial charge in [-0.25, -0.2) is 13.1 Å². The van der Waals surface area contributed by atoms with Crippen molar-refractivity contribution in [3.05, 3.63) is 22.7 Å². The van der Waals surface area contributed by atoms with E-state index in [2.05, 4.69) is 25.6 Å². The third-order valence-corrected chi connectivity index (χ3v) is 6.05. The molecule has 1 aliphatic rings. The Morgan fingerprint density at radius 3 is 2.50 bits per heavy atom. The van der Waals surface area contributed by atoms with Crippen molar-refractivity contribution in [1.82, 2.24) is 9.62 Å². The molecule has 2 rings (SSSR count). The van der Waals surface area contributed by atoms with Crippen LogP contribution in [-0.2, 0) is 10.0 Å². The Morgan fingerprint density at radius 2 is 2.05 bits per heavy atom. The first-order valence-electron chi connectivity index (χ1n) is 6.49. The molecule has 0 amide bonds. The van der Waals surface area contributed by atoms with E-state index in [1.165, 1.54) is 6.07 Å². The summed E-state index contributed by atoms with van der Waals surface area (Å²) in [6.45, 7) is 0.415. The summed E-state index contributed by atoms with van der Waals surface area (Å²) in [5.41, 5.74) is 5.98. The summed E-state index contributed by atoms with van der Waals surface area (Å²) in [6.07, 6.45) is 3.16. The number of hydrogen-bond donors (Lipinski definition) is 2. The Hall–Kier alpha value is -0.630. The molecule has 1 aliphatic carbocycles. The van der Waals surface area contributed by atoms with Gasteiger partial charge >= 0.3 is 0 Å². The lowest BCUT2D eigenvalue weighted by molar-refractivity contribution is 0.0657. The van der Waals surface area contributed by atoms with Crippen molar-refractivity contribution in [2.24, 2.45) is 0 Å². The van der Waals surface area contributed by atoms with Crippen LogP contribution in [0.15, 0.2) is 27.6 Å². The van der Waals surface area contributed by atoms with Gasteiger partial charge < -0.3 is 10.6 Å². The van der Waals surface area contributed by atoms with E-state index < -0.39 is 10.0 Å². The summed E-state index contributed by atoms with van der Waals surface area (Å²) in [5.74, 6) is 0. The second-order valence-electron chi connectivity index (χ2n) is 5.48. The number of likely N-dealkylation sites (N-methyl/N-ethyl adjacent to an activating group) is 1. The molecule has 0 aromatic heterocycles. The summed E-state index contributed by atoms with van der Waals surface area (Å²) in [4.78, 5) is 2.23. The molecule has 1 aromatic rings. The lowest BCUT2D eigenvalue weighted by atomic mass is 9.76. The van der Waals surface area contributed by atoms with Crippen LogP contribution in [0.2, 0.25) is 0 Å². The molecule has 3 N–H and O–H groups in total. The zero-order valence-electron chi connectivity index (χ0n) is 11.7. The molecule has 0 saturated heterocycles. The van der Waals surface area contributed by atoms with Crippen LogP contribution in [0.25, 0.3) is 0 Å². The first-order valence-corrected chi connectivity index (χ1v) is 8.77. The van der Waals surface area contributed by atoms with Crippen molar-refractivity contribution < 1.29 is 8.42 Å². The second kappa shape index (κ2) is 5.63. The van der Waals surface area contributed by atoms with E-state index in [1.54, 1.807) is 12.1 Å². The van der Waals surface area contributed by atoms with E-state index in [9.17, 15) is 8.42 Å². The van der Waals surface area contributed by atoms with Crippen molar-refractivity contribution in [2.45, 2.75) is 29.7 Å². The minimum Gasteiger partial charge on any atom is -0.398 e. The van der Waals surface area contributed by atoms with E-state index in [4.69, 9.17) is 5.73 Å². The zero-order chi connectivity index (χ0) is 15.0. The number of nitrogens with two attached hydrogens (primary N) is 1. The molecule has 1 fully saturated rings. The minimum absolute atomic E-state index is 0.0583. The molecule has 0 atom stereocenters. The molecule has 7 heteroatoms. The Bertz CT molecular complexity index is 598. The van der Waals surface area contributed by atoms with E-state index in [1.807, 2.05) is 14.1 Å². The Labute approximate surface area is 128 Å². The molecule has 0 unspecified atom stereocenters. The van der Waals surface area contributed by atoms with Gasteiger partial charge in [-0.05, 0) is 51.6 Å². The SMILES string of the molecule is CN(C)C1(CNS(=O)(=O)c2ccc(Br)cc2N)CCC1. The highest BCUT2D eigenvalue weighted by atomic mass is 79.9. The number of nitrogen functional groups attached to an aromatic ring is 1. The second-order valence-corrected chi connectivity index (χ2v) is 8.13. The summed E-state index contributed by atoms with van der Waals surface area (Å²) in [7, 11) is 0.402. The largest absolute Gasteiger partial charge is 0.398 e. The van der Waals surface area contributed by atoms with Gasteiger partial charge in [-0.2, -0.15) is 0 Å². The van der Waals surface area contributed by atoms with Crippen LogP contribution in [0, 0.1) is 0 Å². The third kappa shape index (κ3) is 3.00. The van der Waals surface area contributed by atoms with Gasteiger partial charge in [-0.15, -0.1) is 0 Å². The number of nitrogens with zero attached hydrogens (tertiary/aromatic N) is 1. The highest BCUT2D eigenvalue weighted by Crippen LogP contribution is 2.36. The summed E-state index contributed by atoms with van der Waals surface area (Å²) >= 11 is 3.27. The number of halogens is 1. The number of anilines is 1. The number of benzene rings is 1. The Balaban J connectivity index is 2.15. The Kier molecular flexibility index (Phi) is 4.44. The number of nitrogens with one attached hydrogen (secondary N) is 1. The highest BCUT2D eigenvalue weighted by molar-refractivity contribution is 9.10. The fourth-order valence-corrected chi connectivity index (χ4v) is 4.05. The molecule has 0 bridgehead atoms. The maximum absolute atomic E-state index is 12.3. The van der Waals surface area contributed by atoms with Crippen molar-refractivity contribution >= 4 is 31.6 Å². The number of hydrogen-bond acceptors (Lipinski definition) is 4.